The zero-order valence-corrected chi connectivity index (χ0v) is 25.5. The molecule has 46 heavy (non-hydrogen) atoms. The van der Waals surface area contributed by atoms with Crippen LogP contribution in [0.1, 0.15) is 24.4 Å². The van der Waals surface area contributed by atoms with Crippen LogP contribution < -0.4 is 16.6 Å². The topological polar surface area (TPSA) is 162 Å². The highest BCUT2D eigenvalue weighted by molar-refractivity contribution is 7.90. The molecule has 0 saturated heterocycles. The Hall–Kier alpha value is -5.95. The van der Waals surface area contributed by atoms with Crippen molar-refractivity contribution in [3.63, 3.8) is 0 Å². The summed E-state index contributed by atoms with van der Waals surface area (Å²) in [4.78, 5) is 22.6. The van der Waals surface area contributed by atoms with Crippen molar-refractivity contribution in [2.75, 3.05) is 11.1 Å². The Morgan fingerprint density at radius 2 is 1.70 bits per heavy atom. The van der Waals surface area contributed by atoms with E-state index in [-0.39, 0.29) is 22.0 Å². The predicted octanol–water partition coefficient (Wildman–Crippen LogP) is 4.90. The summed E-state index contributed by atoms with van der Waals surface area (Å²) >= 11 is 0. The average molecular weight is 633 g/mol. The van der Waals surface area contributed by atoms with Crippen LogP contribution in [0.15, 0.2) is 113 Å². The van der Waals surface area contributed by atoms with Gasteiger partial charge in [0.05, 0.1) is 27.7 Å². The van der Waals surface area contributed by atoms with Crippen molar-refractivity contribution in [3.05, 3.63) is 125 Å². The van der Waals surface area contributed by atoms with E-state index in [1.54, 1.807) is 33.5 Å². The Morgan fingerprint density at radius 3 is 2.46 bits per heavy atom. The number of benzene rings is 3. The number of nitrogens with one attached hydrogen (secondary N) is 1. The molecule has 4 heterocycles. The largest absolute Gasteiger partial charge is 0.508 e. The fourth-order valence-corrected chi connectivity index (χ4v) is 6.95. The number of hydrogen-bond acceptors (Lipinski definition) is 9. The summed E-state index contributed by atoms with van der Waals surface area (Å²) in [5, 5.41) is 18.5. The molecule has 4 aromatic heterocycles. The first-order valence-corrected chi connectivity index (χ1v) is 15.8. The van der Waals surface area contributed by atoms with E-state index < -0.39 is 16.1 Å². The molecule has 0 radical (unpaired) electrons. The summed E-state index contributed by atoms with van der Waals surface area (Å²) in [5.41, 5.74) is 9.61. The normalized spacial score (nSPS) is 12.5. The second-order valence-corrected chi connectivity index (χ2v) is 12.7. The van der Waals surface area contributed by atoms with Gasteiger partial charge in [-0.2, -0.15) is 5.10 Å². The van der Waals surface area contributed by atoms with Gasteiger partial charge < -0.3 is 16.2 Å². The highest BCUT2D eigenvalue weighted by atomic mass is 32.2. The smallest absolute Gasteiger partial charge is 0.282 e. The van der Waals surface area contributed by atoms with Gasteiger partial charge in [0.1, 0.15) is 29.2 Å². The lowest BCUT2D eigenvalue weighted by molar-refractivity contribution is 0.474. The third kappa shape index (κ3) is 4.73. The molecule has 0 bridgehead atoms. The second-order valence-electron chi connectivity index (χ2n) is 10.9. The van der Waals surface area contributed by atoms with Gasteiger partial charge in [-0.1, -0.05) is 30.3 Å². The van der Waals surface area contributed by atoms with Crippen LogP contribution in [0.2, 0.25) is 0 Å². The molecule has 1 atom stereocenters. The fraction of sp³-hybridized carbons (Fsp3) is 0.0909. The summed E-state index contributed by atoms with van der Waals surface area (Å²) in [6, 6.07) is 23.0. The molecule has 0 aliphatic heterocycles. The number of rotatable bonds is 7. The molecule has 0 saturated carbocycles. The van der Waals surface area contributed by atoms with Gasteiger partial charge in [-0.3, -0.25) is 9.36 Å². The van der Waals surface area contributed by atoms with Gasteiger partial charge in [-0.15, -0.1) is 0 Å². The molecule has 0 spiro atoms. The average Bonchev–Trinajstić information content (AvgIpc) is 3.65. The number of nitrogens with two attached hydrogens (primary N) is 1. The van der Waals surface area contributed by atoms with Crippen molar-refractivity contribution in [1.29, 1.82) is 0 Å². The van der Waals surface area contributed by atoms with Crippen LogP contribution >= 0.6 is 0 Å². The van der Waals surface area contributed by atoms with Crippen LogP contribution in [0.3, 0.4) is 0 Å². The van der Waals surface area contributed by atoms with Crippen molar-refractivity contribution >= 4 is 38.1 Å². The maximum Gasteiger partial charge on any atom is 0.282 e. The third-order valence-corrected chi connectivity index (χ3v) is 9.59. The molecular weight excluding hydrogens is 604 g/mol. The number of fused-ring (bicyclic) bond motifs is 2. The van der Waals surface area contributed by atoms with E-state index in [1.165, 1.54) is 40.8 Å². The number of anilines is 2. The molecule has 0 fully saturated rings. The molecule has 230 valence electrons. The van der Waals surface area contributed by atoms with Crippen LogP contribution in [0.5, 0.6) is 5.75 Å². The lowest BCUT2D eigenvalue weighted by atomic mass is 10.0. The number of phenolic OH excluding ortho intramolecular Hbond substituents is 1. The number of phenols is 1. The molecule has 7 rings (SSSR count). The summed E-state index contributed by atoms with van der Waals surface area (Å²) in [7, 11) is -3.98. The third-order valence-electron chi connectivity index (χ3n) is 7.88. The quantitative estimate of drug-likeness (QED) is 0.222. The van der Waals surface area contributed by atoms with Crippen molar-refractivity contribution in [2.24, 2.45) is 0 Å². The zero-order valence-electron chi connectivity index (χ0n) is 24.7. The molecule has 0 aliphatic carbocycles. The van der Waals surface area contributed by atoms with E-state index in [9.17, 15) is 18.3 Å². The van der Waals surface area contributed by atoms with Crippen LogP contribution in [0.25, 0.3) is 33.2 Å². The van der Waals surface area contributed by atoms with Crippen LogP contribution in [0.4, 0.5) is 11.6 Å². The highest BCUT2D eigenvalue weighted by Crippen LogP contribution is 2.35. The second kappa shape index (κ2) is 10.9. The Balaban J connectivity index is 1.33. The predicted molar refractivity (Wildman–Crippen MR) is 176 cm³/mol. The van der Waals surface area contributed by atoms with Gasteiger partial charge in [0.2, 0.25) is 0 Å². The minimum atomic E-state index is -3.98. The van der Waals surface area contributed by atoms with Gasteiger partial charge in [0.25, 0.3) is 15.6 Å². The van der Waals surface area contributed by atoms with Gasteiger partial charge in [0, 0.05) is 17.8 Å². The number of aromatic hydroxyl groups is 1. The van der Waals surface area contributed by atoms with Crippen LogP contribution in [-0.4, -0.2) is 41.6 Å². The zero-order chi connectivity index (χ0) is 32.2. The minimum absolute atomic E-state index is 0.0266. The SMILES string of the molecule is Cc1ccn2nc(C(C)Nc3ncnc(N)c3-c3ccc4ccn(S(=O)(=O)c5ccc(O)cc5)c4c3)n(-c3ccccc3)c(=O)c12. The minimum Gasteiger partial charge on any atom is -0.508 e. The van der Waals surface area contributed by atoms with Gasteiger partial charge in [-0.25, -0.2) is 26.9 Å². The molecule has 1 unspecified atom stereocenters. The molecule has 0 aliphatic rings. The van der Waals surface area contributed by atoms with E-state index in [0.29, 0.717) is 44.9 Å². The Kier molecular flexibility index (Phi) is 6.82. The van der Waals surface area contributed by atoms with Crippen molar-refractivity contribution in [2.45, 2.75) is 24.8 Å². The van der Waals surface area contributed by atoms with Crippen molar-refractivity contribution in [3.8, 4) is 22.6 Å². The number of para-hydroxylation sites is 1. The van der Waals surface area contributed by atoms with E-state index >= 15 is 0 Å². The van der Waals surface area contributed by atoms with E-state index in [1.807, 2.05) is 56.3 Å². The maximum atomic E-state index is 13.8. The summed E-state index contributed by atoms with van der Waals surface area (Å²) in [6.45, 7) is 3.73. The highest BCUT2D eigenvalue weighted by Gasteiger charge is 2.23. The first kappa shape index (κ1) is 28.8. The Bertz CT molecular complexity index is 2430. The van der Waals surface area contributed by atoms with Gasteiger partial charge >= 0.3 is 0 Å². The fourth-order valence-electron chi connectivity index (χ4n) is 5.60. The van der Waals surface area contributed by atoms with Gasteiger partial charge in [0.15, 0.2) is 5.82 Å². The molecule has 0 amide bonds. The first-order valence-electron chi connectivity index (χ1n) is 14.3. The molecule has 7 aromatic rings. The number of nitrogens with zero attached hydrogens (tertiary/aromatic N) is 6. The summed E-state index contributed by atoms with van der Waals surface area (Å²) < 4.78 is 31.5. The first-order chi connectivity index (χ1) is 22.1. The lowest BCUT2D eigenvalue weighted by Crippen LogP contribution is -2.29. The Morgan fingerprint density at radius 1 is 0.935 bits per heavy atom. The Labute approximate surface area is 263 Å². The molecule has 3 aromatic carbocycles. The standard InChI is InChI=1S/C33H28N8O4S/c1-20-14-16-39-29(20)33(43)41(24-6-4-3-5-7-24)32(38-39)21(2)37-31-28(30(34)35-19-36-31)23-9-8-22-15-17-40(27(22)18-23)46(44,45)26-12-10-25(42)11-13-26/h3-19,21,42H,1-2H3,(H3,34,35,36,37). The van der Waals surface area contributed by atoms with Crippen LogP contribution in [0, 0.1) is 6.92 Å². The van der Waals surface area contributed by atoms with Gasteiger partial charge in [-0.05, 0) is 79.6 Å². The molecule has 13 heteroatoms. The number of hydrogen-bond donors (Lipinski definition) is 3. The van der Waals surface area contributed by atoms with E-state index in [0.717, 1.165) is 5.56 Å². The van der Waals surface area contributed by atoms with E-state index in [4.69, 9.17) is 10.8 Å². The monoisotopic (exact) mass is 632 g/mol. The van der Waals surface area contributed by atoms with Crippen molar-refractivity contribution < 1.29 is 13.5 Å². The molecule has 4 N–H and O–H groups in total. The molecular formula is C33H28N8O4S. The molecule has 12 nitrogen and oxygen atoms in total. The maximum absolute atomic E-state index is 13.8. The van der Waals surface area contributed by atoms with E-state index in [2.05, 4.69) is 15.3 Å². The summed E-state index contributed by atoms with van der Waals surface area (Å²) in [6.07, 6.45) is 4.57. The number of aromatic nitrogens is 6. The summed E-state index contributed by atoms with van der Waals surface area (Å²) in [5.74, 6) is 0.948. The number of aryl methyl sites for hydroxylation is 1. The van der Waals surface area contributed by atoms with Crippen molar-refractivity contribution in [1.82, 2.24) is 28.1 Å². The lowest BCUT2D eigenvalue weighted by Gasteiger charge is -2.21. The number of nitrogen functional groups attached to an aromatic ring is 1. The van der Waals surface area contributed by atoms with Crippen LogP contribution in [-0.2, 0) is 10.0 Å².